The maximum absolute atomic E-state index is 5.30. The van der Waals surface area contributed by atoms with Gasteiger partial charge in [-0.3, -0.25) is 0 Å². The largest absolute Gasteiger partial charge is 0.385 e. The molecule has 0 radical (unpaired) electrons. The van der Waals surface area contributed by atoms with E-state index in [1.54, 1.807) is 21.3 Å². The lowest BCUT2D eigenvalue weighted by Gasteiger charge is -2.28. The fourth-order valence-corrected chi connectivity index (χ4v) is 3.36. The van der Waals surface area contributed by atoms with Crippen LogP contribution in [0.15, 0.2) is 30.3 Å². The van der Waals surface area contributed by atoms with Crippen molar-refractivity contribution in [2.75, 3.05) is 33.2 Å². The van der Waals surface area contributed by atoms with Crippen molar-refractivity contribution in [2.24, 2.45) is 0 Å². The van der Waals surface area contributed by atoms with Gasteiger partial charge in [-0.1, -0.05) is 24.2 Å². The first-order valence-electron chi connectivity index (χ1n) is 6.20. The van der Waals surface area contributed by atoms with Crippen LogP contribution in [0.4, 0.5) is 5.69 Å². The van der Waals surface area contributed by atoms with Crippen molar-refractivity contribution >= 4 is 15.2 Å². The Hall–Kier alpha value is -0.883. The summed E-state index contributed by atoms with van der Waals surface area (Å²) in [5, 5.41) is 3.38. The van der Waals surface area contributed by atoms with Crippen molar-refractivity contribution in [3.05, 3.63) is 30.3 Å². The number of nitrogens with one attached hydrogen (secondary N) is 1. The van der Waals surface area contributed by atoms with Crippen LogP contribution in [0.1, 0.15) is 6.42 Å². The molecule has 0 saturated carbocycles. The summed E-state index contributed by atoms with van der Waals surface area (Å²) in [5.41, 5.74) is 0.405. The van der Waals surface area contributed by atoms with Gasteiger partial charge in [-0.2, -0.15) is 0 Å². The second-order valence-corrected chi connectivity index (χ2v) is 6.12. The van der Waals surface area contributed by atoms with Crippen LogP contribution >= 0.6 is 0 Å². The van der Waals surface area contributed by atoms with Crippen LogP contribution in [0, 0.1) is 0 Å². The molecule has 0 aliphatic heterocycles. The second kappa shape index (κ2) is 8.26. The fraction of sp³-hybridized carbons (Fsp3) is 0.538. The van der Waals surface area contributed by atoms with Crippen molar-refractivity contribution in [2.45, 2.75) is 18.1 Å². The fourth-order valence-electron chi connectivity index (χ4n) is 1.81. The number of para-hydroxylation sites is 1. The summed E-state index contributed by atoms with van der Waals surface area (Å²) in [6.45, 7) is 0.963. The Morgan fingerprint density at radius 1 is 1.06 bits per heavy atom. The molecule has 0 amide bonds. The predicted molar refractivity (Wildman–Crippen MR) is 76.7 cm³/mol. The average molecular weight is 269 g/mol. The van der Waals surface area contributed by atoms with Crippen LogP contribution in [0.25, 0.3) is 0 Å². The molecule has 102 valence electrons. The van der Waals surface area contributed by atoms with Crippen molar-refractivity contribution < 1.29 is 14.2 Å². The van der Waals surface area contributed by atoms with Crippen LogP contribution in [0.5, 0.6) is 0 Å². The lowest BCUT2D eigenvalue weighted by atomic mass is 10.3. The molecule has 0 bridgehead atoms. The molecule has 0 saturated heterocycles. The average Bonchev–Trinajstić information content (AvgIpc) is 2.45. The number of methoxy groups -OCH3 is 3. The van der Waals surface area contributed by atoms with Gasteiger partial charge in [-0.25, -0.2) is 0 Å². The minimum atomic E-state index is -0.757. The van der Waals surface area contributed by atoms with Crippen LogP contribution in [-0.2, 0) is 14.2 Å². The summed E-state index contributed by atoms with van der Waals surface area (Å²) < 4.78 is 15.9. The van der Waals surface area contributed by atoms with Gasteiger partial charge in [0.15, 0.2) is 0 Å². The molecule has 0 aliphatic rings. The highest BCUT2D eigenvalue weighted by atomic mass is 28.2. The zero-order valence-electron chi connectivity index (χ0n) is 11.4. The van der Waals surface area contributed by atoms with E-state index >= 15 is 0 Å². The molecule has 5 heteroatoms. The van der Waals surface area contributed by atoms with Crippen LogP contribution in [0.2, 0.25) is 6.04 Å². The number of rotatable bonds is 9. The Kier molecular flexibility index (Phi) is 6.96. The van der Waals surface area contributed by atoms with Crippen molar-refractivity contribution in [1.29, 1.82) is 0 Å². The van der Waals surface area contributed by atoms with Crippen molar-refractivity contribution in [3.63, 3.8) is 0 Å². The highest BCUT2D eigenvalue weighted by Gasteiger charge is 2.28. The Balaban J connectivity index is 2.18. The third-order valence-corrected chi connectivity index (χ3v) is 5.28. The molecule has 1 N–H and O–H groups in total. The second-order valence-electron chi connectivity index (χ2n) is 4.05. The number of benzene rings is 1. The zero-order chi connectivity index (χ0) is 13.3. The van der Waals surface area contributed by atoms with Gasteiger partial charge in [0.1, 0.15) is 9.52 Å². The van der Waals surface area contributed by atoms with E-state index in [0.717, 1.165) is 24.7 Å². The summed E-state index contributed by atoms with van der Waals surface area (Å²) >= 11 is 0. The van der Waals surface area contributed by atoms with Gasteiger partial charge >= 0.3 is 0 Å². The molecule has 0 fully saturated rings. The van der Waals surface area contributed by atoms with E-state index in [1.807, 2.05) is 18.2 Å². The number of anilines is 1. The third kappa shape index (κ3) is 4.78. The minimum Gasteiger partial charge on any atom is -0.385 e. The Bertz CT molecular complexity index is 309. The Labute approximate surface area is 111 Å². The quantitative estimate of drug-likeness (QED) is 0.420. The third-order valence-electron chi connectivity index (χ3n) is 2.95. The van der Waals surface area contributed by atoms with E-state index in [9.17, 15) is 0 Å². The van der Waals surface area contributed by atoms with E-state index < -0.39 is 15.1 Å². The van der Waals surface area contributed by atoms with E-state index in [0.29, 0.717) is 0 Å². The van der Waals surface area contributed by atoms with Gasteiger partial charge in [0.2, 0.25) is 5.60 Å². The summed E-state index contributed by atoms with van der Waals surface area (Å²) in [6, 6.07) is 11.3. The molecule has 1 aromatic rings. The first-order chi connectivity index (χ1) is 8.76. The van der Waals surface area contributed by atoms with Gasteiger partial charge in [0.05, 0.1) is 0 Å². The monoisotopic (exact) mass is 269 g/mol. The van der Waals surface area contributed by atoms with Crippen LogP contribution in [0.3, 0.4) is 0 Å². The summed E-state index contributed by atoms with van der Waals surface area (Å²) in [5.74, 6) is 0. The van der Waals surface area contributed by atoms with Gasteiger partial charge in [-0.05, 0) is 18.6 Å². The van der Waals surface area contributed by atoms with Gasteiger partial charge in [0, 0.05) is 33.6 Å². The lowest BCUT2D eigenvalue weighted by Crippen LogP contribution is -2.42. The molecule has 4 nitrogen and oxygen atoms in total. The maximum Gasteiger partial charge on any atom is 0.248 e. The lowest BCUT2D eigenvalue weighted by molar-refractivity contribution is -0.294. The molecule has 0 aromatic heterocycles. The van der Waals surface area contributed by atoms with Crippen LogP contribution < -0.4 is 5.32 Å². The molecule has 0 heterocycles. The molecule has 1 rings (SSSR count). The molecule has 1 aromatic carbocycles. The highest BCUT2D eigenvalue weighted by molar-refractivity contribution is 6.38. The normalized spacial score (nSPS) is 12.2. The Morgan fingerprint density at radius 3 is 2.22 bits per heavy atom. The maximum atomic E-state index is 5.30. The molecular formula is C13H23NO3Si. The SMILES string of the molecule is COC(OC)(OC)[SiH2]CCCNc1ccccc1. The molecule has 0 aliphatic carbocycles. The topological polar surface area (TPSA) is 39.7 Å². The number of hydrogen-bond acceptors (Lipinski definition) is 4. The van der Waals surface area contributed by atoms with E-state index in [4.69, 9.17) is 14.2 Å². The Morgan fingerprint density at radius 2 is 1.67 bits per heavy atom. The van der Waals surface area contributed by atoms with Crippen molar-refractivity contribution in [3.8, 4) is 0 Å². The van der Waals surface area contributed by atoms with Gasteiger partial charge in [-0.15, -0.1) is 0 Å². The molecule has 0 spiro atoms. The van der Waals surface area contributed by atoms with E-state index in [-0.39, 0.29) is 0 Å². The molecule has 0 atom stereocenters. The summed E-state index contributed by atoms with van der Waals surface area (Å²) in [6.07, 6.45) is 1.10. The summed E-state index contributed by atoms with van der Waals surface area (Å²) in [7, 11) is 4.29. The zero-order valence-corrected chi connectivity index (χ0v) is 12.9. The van der Waals surface area contributed by atoms with Gasteiger partial charge in [0.25, 0.3) is 0 Å². The smallest absolute Gasteiger partial charge is 0.248 e. The van der Waals surface area contributed by atoms with Crippen molar-refractivity contribution in [1.82, 2.24) is 0 Å². The standard InChI is InChI=1S/C13H23NO3Si/c1-15-13(16-2,17-3)18-11-7-10-14-12-8-5-4-6-9-12/h4-6,8-9,14H,7,10-11,18H2,1-3H3. The highest BCUT2D eigenvalue weighted by Crippen LogP contribution is 2.13. The van der Waals surface area contributed by atoms with Gasteiger partial charge < -0.3 is 19.5 Å². The van der Waals surface area contributed by atoms with E-state index in [1.165, 1.54) is 0 Å². The predicted octanol–water partition coefficient (Wildman–Crippen LogP) is 1.63. The molecule has 0 unspecified atom stereocenters. The van der Waals surface area contributed by atoms with Crippen LogP contribution in [-0.4, -0.2) is 43.0 Å². The summed E-state index contributed by atoms with van der Waals surface area (Å²) in [4.78, 5) is 0. The minimum absolute atomic E-state index is 0.588. The number of hydrogen-bond donors (Lipinski definition) is 1. The first kappa shape index (κ1) is 15.2. The number of ether oxygens (including phenoxy) is 3. The molecular weight excluding hydrogens is 246 g/mol. The first-order valence-corrected chi connectivity index (χ1v) is 7.91. The molecule has 18 heavy (non-hydrogen) atoms. The van der Waals surface area contributed by atoms with E-state index in [2.05, 4.69) is 17.4 Å².